The van der Waals surface area contributed by atoms with Crippen LogP contribution in [0.5, 0.6) is 11.5 Å². The van der Waals surface area contributed by atoms with Crippen LogP contribution in [0.15, 0.2) is 54.7 Å². The SMILES string of the molecule is COc1cccc(N2CCN(C[C@@H](O)Cn3cc(O)c4ccccc43)CC2)c1.Cl. The van der Waals surface area contributed by atoms with Crippen molar-refractivity contribution in [1.82, 2.24) is 9.47 Å². The number of aliphatic hydroxyl groups excluding tert-OH is 1. The molecule has 0 spiro atoms. The number of rotatable bonds is 6. The molecule has 0 amide bonds. The van der Waals surface area contributed by atoms with Crippen molar-refractivity contribution in [3.05, 3.63) is 54.7 Å². The van der Waals surface area contributed by atoms with E-state index in [0.717, 1.165) is 42.8 Å². The molecule has 6 nitrogen and oxygen atoms in total. The molecule has 0 radical (unpaired) electrons. The number of fused-ring (bicyclic) bond motifs is 1. The second-order valence-electron chi connectivity index (χ2n) is 7.33. The summed E-state index contributed by atoms with van der Waals surface area (Å²) in [6.45, 7) is 4.76. The lowest BCUT2D eigenvalue weighted by Gasteiger charge is -2.37. The van der Waals surface area contributed by atoms with Gasteiger partial charge in [-0.25, -0.2) is 0 Å². The van der Waals surface area contributed by atoms with Crippen LogP contribution in [-0.4, -0.2) is 65.6 Å². The van der Waals surface area contributed by atoms with Crippen molar-refractivity contribution < 1.29 is 14.9 Å². The Hall–Kier alpha value is -2.41. The highest BCUT2D eigenvalue weighted by Gasteiger charge is 2.20. The number of hydrogen-bond acceptors (Lipinski definition) is 5. The van der Waals surface area contributed by atoms with E-state index in [-0.39, 0.29) is 18.2 Å². The number of aliphatic hydroxyl groups is 1. The number of aromatic nitrogens is 1. The van der Waals surface area contributed by atoms with E-state index in [1.807, 2.05) is 41.0 Å². The quantitative estimate of drug-likeness (QED) is 0.645. The number of β-amino-alcohol motifs (C(OH)–C–C–N with tert-alkyl or cyclic N) is 1. The summed E-state index contributed by atoms with van der Waals surface area (Å²) in [5.74, 6) is 1.13. The molecule has 4 rings (SSSR count). The van der Waals surface area contributed by atoms with E-state index < -0.39 is 6.10 Å². The van der Waals surface area contributed by atoms with E-state index in [0.29, 0.717) is 13.1 Å². The van der Waals surface area contributed by atoms with Gasteiger partial charge in [-0.3, -0.25) is 4.90 Å². The third-order valence-electron chi connectivity index (χ3n) is 5.43. The van der Waals surface area contributed by atoms with Gasteiger partial charge in [-0.2, -0.15) is 0 Å². The van der Waals surface area contributed by atoms with Crippen molar-refractivity contribution in [2.75, 3.05) is 44.7 Å². The van der Waals surface area contributed by atoms with Crippen LogP contribution in [0.2, 0.25) is 0 Å². The Morgan fingerprint density at radius 1 is 1.00 bits per heavy atom. The zero-order chi connectivity index (χ0) is 19.5. The van der Waals surface area contributed by atoms with E-state index in [1.165, 1.54) is 5.69 Å². The molecule has 1 aromatic heterocycles. The minimum absolute atomic E-state index is 0. The molecule has 2 N–H and O–H groups in total. The van der Waals surface area contributed by atoms with Crippen LogP contribution in [0, 0.1) is 0 Å². The summed E-state index contributed by atoms with van der Waals surface area (Å²) >= 11 is 0. The molecule has 156 valence electrons. The minimum atomic E-state index is -0.487. The summed E-state index contributed by atoms with van der Waals surface area (Å²) in [6.07, 6.45) is 1.22. The molecule has 7 heteroatoms. The lowest BCUT2D eigenvalue weighted by Crippen LogP contribution is -2.49. The standard InChI is InChI=1S/C22H27N3O3.ClH/c1-28-19-6-4-5-17(13-19)24-11-9-23(10-12-24)14-18(26)15-25-16-22(27)20-7-2-3-8-21(20)25;/h2-8,13,16,18,26-27H,9-12,14-15H2,1H3;1H/t18-;/m1./s1. The largest absolute Gasteiger partial charge is 0.506 e. The second-order valence-corrected chi connectivity index (χ2v) is 7.33. The van der Waals surface area contributed by atoms with Gasteiger partial charge < -0.3 is 24.4 Å². The van der Waals surface area contributed by atoms with Crippen LogP contribution >= 0.6 is 12.4 Å². The smallest absolute Gasteiger partial charge is 0.141 e. The Balaban J connectivity index is 0.00000240. The monoisotopic (exact) mass is 417 g/mol. The van der Waals surface area contributed by atoms with Gasteiger partial charge in [-0.15, -0.1) is 12.4 Å². The summed E-state index contributed by atoms with van der Waals surface area (Å²) < 4.78 is 7.25. The van der Waals surface area contributed by atoms with Crippen molar-refractivity contribution in [3.63, 3.8) is 0 Å². The van der Waals surface area contributed by atoms with Crippen LogP contribution in [0.3, 0.4) is 0 Å². The van der Waals surface area contributed by atoms with E-state index in [9.17, 15) is 10.2 Å². The first-order valence-corrected chi connectivity index (χ1v) is 9.70. The Bertz CT molecular complexity index is 938. The predicted molar refractivity (Wildman–Crippen MR) is 119 cm³/mol. The zero-order valence-corrected chi connectivity index (χ0v) is 17.4. The number of methoxy groups -OCH3 is 1. The molecule has 3 aromatic rings. The highest BCUT2D eigenvalue weighted by molar-refractivity contribution is 5.86. The van der Waals surface area contributed by atoms with Gasteiger partial charge >= 0.3 is 0 Å². The first-order chi connectivity index (χ1) is 13.6. The summed E-state index contributed by atoms with van der Waals surface area (Å²) in [4.78, 5) is 4.65. The van der Waals surface area contributed by atoms with E-state index >= 15 is 0 Å². The van der Waals surface area contributed by atoms with Gasteiger partial charge in [0, 0.05) is 62.6 Å². The fourth-order valence-electron chi connectivity index (χ4n) is 3.96. The number of anilines is 1. The lowest BCUT2D eigenvalue weighted by molar-refractivity contribution is 0.0959. The molecule has 1 fully saturated rings. The van der Waals surface area contributed by atoms with Gasteiger partial charge in [0.2, 0.25) is 0 Å². The molecule has 1 aliphatic rings. The highest BCUT2D eigenvalue weighted by Crippen LogP contribution is 2.27. The number of para-hydroxylation sites is 1. The average molecular weight is 418 g/mol. The molecule has 29 heavy (non-hydrogen) atoms. The zero-order valence-electron chi connectivity index (χ0n) is 16.6. The molecule has 2 aromatic carbocycles. The Labute approximate surface area is 177 Å². The number of aromatic hydroxyl groups is 1. The molecular formula is C22H28ClN3O3. The number of halogens is 1. The molecular weight excluding hydrogens is 390 g/mol. The van der Waals surface area contributed by atoms with Gasteiger partial charge in [-0.1, -0.05) is 18.2 Å². The second kappa shape index (κ2) is 9.39. The molecule has 0 unspecified atom stereocenters. The minimum Gasteiger partial charge on any atom is -0.506 e. The fourth-order valence-corrected chi connectivity index (χ4v) is 3.96. The van der Waals surface area contributed by atoms with Crippen molar-refractivity contribution >= 4 is 29.0 Å². The van der Waals surface area contributed by atoms with Gasteiger partial charge in [0.25, 0.3) is 0 Å². The molecule has 1 aliphatic heterocycles. The topological polar surface area (TPSA) is 61.1 Å². The van der Waals surface area contributed by atoms with Gasteiger partial charge in [-0.05, 0) is 24.3 Å². The van der Waals surface area contributed by atoms with Crippen LogP contribution in [0.25, 0.3) is 10.9 Å². The van der Waals surface area contributed by atoms with Crippen LogP contribution in [0.1, 0.15) is 0 Å². The third kappa shape index (κ3) is 4.78. The number of hydrogen-bond donors (Lipinski definition) is 2. The summed E-state index contributed by atoms with van der Waals surface area (Å²) in [5.41, 5.74) is 2.12. The molecule has 2 heterocycles. The fraction of sp³-hybridized carbons (Fsp3) is 0.364. The lowest BCUT2D eigenvalue weighted by atomic mass is 10.2. The Kier molecular flexibility index (Phi) is 6.90. The van der Waals surface area contributed by atoms with Crippen molar-refractivity contribution in [2.24, 2.45) is 0 Å². The van der Waals surface area contributed by atoms with Crippen molar-refractivity contribution in [2.45, 2.75) is 12.6 Å². The third-order valence-corrected chi connectivity index (χ3v) is 5.43. The summed E-state index contributed by atoms with van der Waals surface area (Å²) in [5, 5.41) is 21.5. The Morgan fingerprint density at radius 3 is 2.52 bits per heavy atom. The summed E-state index contributed by atoms with van der Waals surface area (Å²) in [6, 6.07) is 15.9. The average Bonchev–Trinajstić information content (AvgIpc) is 3.04. The maximum atomic E-state index is 10.6. The van der Waals surface area contributed by atoms with Crippen LogP contribution in [-0.2, 0) is 6.54 Å². The first-order valence-electron chi connectivity index (χ1n) is 9.70. The van der Waals surface area contributed by atoms with Gasteiger partial charge in [0.15, 0.2) is 0 Å². The highest BCUT2D eigenvalue weighted by atomic mass is 35.5. The van der Waals surface area contributed by atoms with Crippen molar-refractivity contribution in [3.8, 4) is 11.5 Å². The van der Waals surface area contributed by atoms with E-state index in [1.54, 1.807) is 13.3 Å². The van der Waals surface area contributed by atoms with Gasteiger partial charge in [0.1, 0.15) is 11.5 Å². The molecule has 0 aliphatic carbocycles. The normalized spacial score (nSPS) is 15.9. The van der Waals surface area contributed by atoms with E-state index in [4.69, 9.17) is 4.74 Å². The molecule has 1 saturated heterocycles. The van der Waals surface area contributed by atoms with Gasteiger partial charge in [0.05, 0.1) is 18.7 Å². The molecule has 1 atom stereocenters. The number of piperazine rings is 1. The molecule has 0 bridgehead atoms. The van der Waals surface area contributed by atoms with Crippen LogP contribution in [0.4, 0.5) is 5.69 Å². The molecule has 0 saturated carbocycles. The Morgan fingerprint density at radius 2 is 1.76 bits per heavy atom. The maximum Gasteiger partial charge on any atom is 0.141 e. The van der Waals surface area contributed by atoms with E-state index in [2.05, 4.69) is 21.9 Å². The number of benzene rings is 2. The number of nitrogens with zero attached hydrogens (tertiary/aromatic N) is 3. The maximum absolute atomic E-state index is 10.6. The summed E-state index contributed by atoms with van der Waals surface area (Å²) in [7, 11) is 1.69. The predicted octanol–water partition coefficient (Wildman–Crippen LogP) is 2.96. The first kappa shape index (κ1) is 21.3. The number of ether oxygens (including phenoxy) is 1. The van der Waals surface area contributed by atoms with Crippen LogP contribution < -0.4 is 9.64 Å². The van der Waals surface area contributed by atoms with Crippen molar-refractivity contribution in [1.29, 1.82) is 0 Å².